The van der Waals surface area contributed by atoms with Crippen molar-refractivity contribution >= 4 is 22.0 Å². The molecule has 1 aliphatic carbocycles. The highest BCUT2D eigenvalue weighted by atomic mass is 79.9. The Kier molecular flexibility index (Phi) is 3.76. The molecule has 1 heterocycles. The highest BCUT2D eigenvalue weighted by Gasteiger charge is 2.57. The molecule has 2 fully saturated rings. The summed E-state index contributed by atoms with van der Waals surface area (Å²) < 4.78 is 6.43. The molecule has 3 unspecified atom stereocenters. The number of fused-ring (bicyclic) bond motifs is 2. The predicted octanol–water partition coefficient (Wildman–Crippen LogP) is 3.67. The lowest BCUT2D eigenvalue weighted by atomic mass is 9.85. The van der Waals surface area contributed by atoms with Gasteiger partial charge in [0.1, 0.15) is 11.2 Å². The van der Waals surface area contributed by atoms with Gasteiger partial charge in [-0.1, -0.05) is 28.1 Å². The minimum absolute atomic E-state index is 0.207. The Morgan fingerprint density at radius 1 is 1.45 bits per heavy atom. The molecule has 1 saturated heterocycles. The standard InChI is InChI=1S/C17H22BrNO3/c1-16(2,3)22-15(20)19-10-11-7-14(19)17(21,9-11)12-5-4-6-13(18)8-12/h4-6,8,11,14,21H,7,9-10H2,1-3H3. The first-order valence-corrected chi connectivity index (χ1v) is 8.46. The molecule has 5 heteroatoms. The SMILES string of the molecule is CC(C)(C)OC(=O)N1CC2CC1C(O)(c1cccc(Br)c1)C2. The number of benzene rings is 1. The van der Waals surface area contributed by atoms with Crippen molar-refractivity contribution in [2.24, 2.45) is 5.92 Å². The molecule has 1 saturated carbocycles. The van der Waals surface area contributed by atoms with Gasteiger partial charge in [-0.05, 0) is 57.2 Å². The topological polar surface area (TPSA) is 49.8 Å². The van der Waals surface area contributed by atoms with Crippen LogP contribution in [0.2, 0.25) is 0 Å². The Balaban J connectivity index is 1.86. The third-order valence-corrected chi connectivity index (χ3v) is 4.98. The van der Waals surface area contributed by atoms with Crippen LogP contribution in [0.15, 0.2) is 28.7 Å². The summed E-state index contributed by atoms with van der Waals surface area (Å²) in [6, 6.07) is 7.52. The monoisotopic (exact) mass is 367 g/mol. The van der Waals surface area contributed by atoms with Gasteiger partial charge in [0.25, 0.3) is 0 Å². The van der Waals surface area contributed by atoms with E-state index in [9.17, 15) is 9.90 Å². The van der Waals surface area contributed by atoms with Crippen LogP contribution in [-0.2, 0) is 10.3 Å². The average Bonchev–Trinajstić information content (AvgIpc) is 2.94. The number of hydrogen-bond donors (Lipinski definition) is 1. The second-order valence-corrected chi connectivity index (χ2v) is 8.30. The number of nitrogens with zero attached hydrogens (tertiary/aromatic N) is 1. The highest BCUT2D eigenvalue weighted by Crippen LogP contribution is 2.50. The molecule has 2 aliphatic rings. The van der Waals surface area contributed by atoms with Crippen LogP contribution in [0, 0.1) is 5.92 Å². The van der Waals surface area contributed by atoms with Gasteiger partial charge in [-0.3, -0.25) is 0 Å². The van der Waals surface area contributed by atoms with E-state index in [-0.39, 0.29) is 12.1 Å². The number of rotatable bonds is 1. The fourth-order valence-electron chi connectivity index (χ4n) is 3.69. The molecule has 4 nitrogen and oxygen atoms in total. The summed E-state index contributed by atoms with van der Waals surface area (Å²) in [6.45, 7) is 6.26. The first kappa shape index (κ1) is 15.8. The molecule has 120 valence electrons. The molecule has 2 bridgehead atoms. The highest BCUT2D eigenvalue weighted by molar-refractivity contribution is 9.10. The molecule has 0 radical (unpaired) electrons. The van der Waals surface area contributed by atoms with Crippen LogP contribution in [-0.4, -0.2) is 34.3 Å². The Labute approximate surface area is 139 Å². The largest absolute Gasteiger partial charge is 0.444 e. The summed E-state index contributed by atoms with van der Waals surface area (Å²) >= 11 is 3.45. The Morgan fingerprint density at radius 2 is 2.18 bits per heavy atom. The van der Waals surface area contributed by atoms with E-state index in [4.69, 9.17) is 4.74 Å². The van der Waals surface area contributed by atoms with Crippen molar-refractivity contribution in [3.63, 3.8) is 0 Å². The van der Waals surface area contributed by atoms with E-state index in [0.717, 1.165) is 16.5 Å². The number of hydrogen-bond acceptors (Lipinski definition) is 3. The van der Waals surface area contributed by atoms with E-state index < -0.39 is 11.2 Å². The fraction of sp³-hybridized carbons (Fsp3) is 0.588. The molecule has 0 spiro atoms. The molecule has 1 aromatic rings. The van der Waals surface area contributed by atoms with Crippen LogP contribution in [0.4, 0.5) is 4.79 Å². The summed E-state index contributed by atoms with van der Waals surface area (Å²) in [5, 5.41) is 11.2. The number of ether oxygens (including phenoxy) is 1. The number of halogens is 1. The number of amides is 1. The Bertz CT molecular complexity index is 598. The minimum Gasteiger partial charge on any atom is -0.444 e. The lowest BCUT2D eigenvalue weighted by Crippen LogP contribution is -2.52. The van der Waals surface area contributed by atoms with E-state index in [0.29, 0.717) is 18.9 Å². The van der Waals surface area contributed by atoms with E-state index in [2.05, 4.69) is 15.9 Å². The summed E-state index contributed by atoms with van der Waals surface area (Å²) in [4.78, 5) is 14.1. The minimum atomic E-state index is -0.983. The van der Waals surface area contributed by atoms with Crippen molar-refractivity contribution < 1.29 is 14.6 Å². The molecular weight excluding hydrogens is 346 g/mol. The molecular formula is C17H22BrNO3. The van der Waals surface area contributed by atoms with Crippen LogP contribution in [0.1, 0.15) is 39.2 Å². The zero-order valence-electron chi connectivity index (χ0n) is 13.2. The van der Waals surface area contributed by atoms with Crippen LogP contribution in [0.25, 0.3) is 0 Å². The Morgan fingerprint density at radius 3 is 2.77 bits per heavy atom. The first-order chi connectivity index (χ1) is 10.2. The lowest BCUT2D eigenvalue weighted by molar-refractivity contribution is -0.0573. The Hall–Kier alpha value is -1.07. The van der Waals surface area contributed by atoms with E-state index in [1.165, 1.54) is 0 Å². The number of aliphatic hydroxyl groups is 1. The second kappa shape index (κ2) is 5.24. The van der Waals surface area contributed by atoms with Gasteiger partial charge in [-0.2, -0.15) is 0 Å². The van der Waals surface area contributed by atoms with Gasteiger partial charge in [0, 0.05) is 11.0 Å². The predicted molar refractivity (Wildman–Crippen MR) is 87.5 cm³/mol. The van der Waals surface area contributed by atoms with Crippen LogP contribution >= 0.6 is 15.9 Å². The van der Waals surface area contributed by atoms with Crippen LogP contribution < -0.4 is 0 Å². The zero-order chi connectivity index (χ0) is 16.1. The summed E-state index contributed by atoms with van der Waals surface area (Å²) in [6.07, 6.45) is 1.21. The third kappa shape index (κ3) is 2.76. The summed E-state index contributed by atoms with van der Waals surface area (Å²) in [5.74, 6) is 0.335. The van der Waals surface area contributed by atoms with Gasteiger partial charge in [-0.15, -0.1) is 0 Å². The molecule has 3 atom stereocenters. The first-order valence-electron chi connectivity index (χ1n) is 7.67. The van der Waals surface area contributed by atoms with Gasteiger partial charge in [-0.25, -0.2) is 4.79 Å². The maximum absolute atomic E-state index is 12.4. The van der Waals surface area contributed by atoms with Crippen molar-refractivity contribution in [1.29, 1.82) is 0 Å². The maximum atomic E-state index is 12.4. The number of likely N-dealkylation sites (tertiary alicyclic amines) is 1. The molecule has 1 N–H and O–H groups in total. The van der Waals surface area contributed by atoms with E-state index in [1.807, 2.05) is 45.0 Å². The second-order valence-electron chi connectivity index (χ2n) is 7.39. The third-order valence-electron chi connectivity index (χ3n) is 4.49. The van der Waals surface area contributed by atoms with Crippen LogP contribution in [0.5, 0.6) is 0 Å². The van der Waals surface area contributed by atoms with Gasteiger partial charge in [0.2, 0.25) is 0 Å². The van der Waals surface area contributed by atoms with E-state index >= 15 is 0 Å². The van der Waals surface area contributed by atoms with Gasteiger partial charge in [0.05, 0.1) is 6.04 Å². The van der Waals surface area contributed by atoms with Gasteiger partial charge in [0.15, 0.2) is 0 Å². The molecule has 1 aliphatic heterocycles. The van der Waals surface area contributed by atoms with Gasteiger partial charge >= 0.3 is 6.09 Å². The quantitative estimate of drug-likeness (QED) is 0.823. The normalized spacial score (nSPS) is 30.7. The van der Waals surface area contributed by atoms with Crippen molar-refractivity contribution in [1.82, 2.24) is 4.90 Å². The molecule has 1 aromatic carbocycles. The van der Waals surface area contributed by atoms with E-state index in [1.54, 1.807) is 4.90 Å². The molecule has 0 aromatic heterocycles. The van der Waals surface area contributed by atoms with Crippen molar-refractivity contribution in [2.45, 2.75) is 50.9 Å². The number of piperidine rings is 1. The van der Waals surface area contributed by atoms with Crippen LogP contribution in [0.3, 0.4) is 0 Å². The van der Waals surface area contributed by atoms with Crippen molar-refractivity contribution in [3.05, 3.63) is 34.3 Å². The number of carbonyl (C=O) groups is 1. The van der Waals surface area contributed by atoms with Crippen molar-refractivity contribution in [2.75, 3.05) is 6.54 Å². The molecule has 3 rings (SSSR count). The zero-order valence-corrected chi connectivity index (χ0v) is 14.8. The molecule has 1 amide bonds. The maximum Gasteiger partial charge on any atom is 0.410 e. The lowest BCUT2D eigenvalue weighted by Gasteiger charge is -2.40. The van der Waals surface area contributed by atoms with Gasteiger partial charge < -0.3 is 14.7 Å². The summed E-state index contributed by atoms with van der Waals surface area (Å²) in [5.41, 5.74) is -0.640. The smallest absolute Gasteiger partial charge is 0.410 e. The number of carbonyl (C=O) groups excluding carboxylic acids is 1. The molecule has 22 heavy (non-hydrogen) atoms. The fourth-order valence-corrected chi connectivity index (χ4v) is 4.09. The average molecular weight is 368 g/mol. The van der Waals surface area contributed by atoms with Crippen molar-refractivity contribution in [3.8, 4) is 0 Å². The summed E-state index contributed by atoms with van der Waals surface area (Å²) in [7, 11) is 0.